The van der Waals surface area contributed by atoms with Crippen LogP contribution in [0, 0.1) is 16.7 Å². The average Bonchev–Trinajstić information content (AvgIpc) is 2.16. The summed E-state index contributed by atoms with van der Waals surface area (Å²) >= 11 is 0. The molecular formula is C11H18N2. The molecule has 1 N–H and O–H groups in total. The highest BCUT2D eigenvalue weighted by molar-refractivity contribution is 5.04. The fourth-order valence-electron chi connectivity index (χ4n) is 1.79. The monoisotopic (exact) mass is 178 g/mol. The van der Waals surface area contributed by atoms with Crippen LogP contribution in [-0.2, 0) is 0 Å². The second-order valence-electron chi connectivity index (χ2n) is 4.13. The lowest BCUT2D eigenvalue weighted by atomic mass is 9.78. The number of allylic oxidation sites excluding steroid dienone is 1. The number of rotatable bonds is 3. The van der Waals surface area contributed by atoms with Crippen LogP contribution in [0.5, 0.6) is 0 Å². The first-order valence-corrected chi connectivity index (χ1v) is 4.95. The first kappa shape index (κ1) is 10.3. The zero-order valence-corrected chi connectivity index (χ0v) is 8.40. The average molecular weight is 178 g/mol. The van der Waals surface area contributed by atoms with Gasteiger partial charge in [-0.3, -0.25) is 0 Å². The number of hydrogen-bond acceptors (Lipinski definition) is 2. The number of hydrogen-bond donors (Lipinski definition) is 1. The quantitative estimate of drug-likeness (QED) is 0.673. The molecule has 1 aliphatic heterocycles. The van der Waals surface area contributed by atoms with Gasteiger partial charge in [0.2, 0.25) is 0 Å². The standard InChI is InChI=1S/C11H18N2/c1-10(2)4-6-11(8-12)5-3-7-13-9-11/h13H,1,3-7,9H2,2H3. The second kappa shape index (κ2) is 4.43. The summed E-state index contributed by atoms with van der Waals surface area (Å²) in [7, 11) is 0. The van der Waals surface area contributed by atoms with Gasteiger partial charge in [-0.15, -0.1) is 6.58 Å². The topological polar surface area (TPSA) is 35.8 Å². The van der Waals surface area contributed by atoms with Gasteiger partial charge in [-0.05, 0) is 39.2 Å². The van der Waals surface area contributed by atoms with Crippen LogP contribution in [0.1, 0.15) is 32.6 Å². The van der Waals surface area contributed by atoms with Gasteiger partial charge in [0, 0.05) is 6.54 Å². The van der Waals surface area contributed by atoms with Crippen molar-refractivity contribution in [1.82, 2.24) is 5.32 Å². The molecule has 2 nitrogen and oxygen atoms in total. The lowest BCUT2D eigenvalue weighted by Crippen LogP contribution is -2.39. The Labute approximate surface area is 80.6 Å². The Morgan fingerprint density at radius 2 is 2.46 bits per heavy atom. The molecule has 0 aliphatic carbocycles. The van der Waals surface area contributed by atoms with E-state index in [2.05, 4.69) is 18.0 Å². The highest BCUT2D eigenvalue weighted by atomic mass is 14.9. The summed E-state index contributed by atoms with van der Waals surface area (Å²) in [5, 5.41) is 12.4. The molecule has 1 saturated heterocycles. The number of nitrogens with one attached hydrogen (secondary N) is 1. The molecule has 0 radical (unpaired) electrons. The van der Waals surface area contributed by atoms with Crippen molar-refractivity contribution in [2.45, 2.75) is 32.6 Å². The van der Waals surface area contributed by atoms with Crippen LogP contribution in [-0.4, -0.2) is 13.1 Å². The summed E-state index contributed by atoms with van der Waals surface area (Å²) in [5.41, 5.74) is 1.07. The molecule has 0 spiro atoms. The van der Waals surface area contributed by atoms with E-state index < -0.39 is 0 Å². The normalized spacial score (nSPS) is 28.0. The van der Waals surface area contributed by atoms with Crippen LogP contribution in [0.2, 0.25) is 0 Å². The maximum absolute atomic E-state index is 9.13. The largest absolute Gasteiger partial charge is 0.315 e. The van der Waals surface area contributed by atoms with Gasteiger partial charge in [0.25, 0.3) is 0 Å². The summed E-state index contributed by atoms with van der Waals surface area (Å²) < 4.78 is 0. The fraction of sp³-hybridized carbons (Fsp3) is 0.727. The minimum Gasteiger partial charge on any atom is -0.315 e. The Kier molecular flexibility index (Phi) is 3.50. The third kappa shape index (κ3) is 2.86. The van der Waals surface area contributed by atoms with E-state index in [1.807, 2.05) is 6.92 Å². The third-order valence-electron chi connectivity index (χ3n) is 2.74. The van der Waals surface area contributed by atoms with Gasteiger partial charge in [-0.2, -0.15) is 5.26 Å². The molecule has 0 aromatic heterocycles. The maximum Gasteiger partial charge on any atom is 0.0703 e. The zero-order chi connectivity index (χ0) is 9.73. The van der Waals surface area contributed by atoms with Gasteiger partial charge < -0.3 is 5.32 Å². The van der Waals surface area contributed by atoms with Crippen LogP contribution in [0.4, 0.5) is 0 Å². The van der Waals surface area contributed by atoms with Gasteiger partial charge in [0.1, 0.15) is 0 Å². The van der Waals surface area contributed by atoms with E-state index >= 15 is 0 Å². The second-order valence-corrected chi connectivity index (χ2v) is 4.13. The van der Waals surface area contributed by atoms with E-state index in [-0.39, 0.29) is 5.41 Å². The highest BCUT2D eigenvalue weighted by Gasteiger charge is 2.31. The minimum atomic E-state index is -0.114. The molecule has 0 saturated carbocycles. The molecule has 1 atom stereocenters. The smallest absolute Gasteiger partial charge is 0.0703 e. The predicted molar refractivity (Wildman–Crippen MR) is 54.2 cm³/mol. The van der Waals surface area contributed by atoms with Crippen molar-refractivity contribution < 1.29 is 0 Å². The number of piperidine rings is 1. The summed E-state index contributed by atoms with van der Waals surface area (Å²) in [6, 6.07) is 2.47. The van der Waals surface area contributed by atoms with E-state index in [1.165, 1.54) is 5.57 Å². The number of nitriles is 1. The minimum absolute atomic E-state index is 0.114. The molecule has 1 rings (SSSR count). The van der Waals surface area contributed by atoms with Crippen LogP contribution in [0.15, 0.2) is 12.2 Å². The molecule has 1 unspecified atom stereocenters. The van der Waals surface area contributed by atoms with E-state index in [9.17, 15) is 0 Å². The Balaban J connectivity index is 2.49. The van der Waals surface area contributed by atoms with Crippen molar-refractivity contribution in [2.24, 2.45) is 5.41 Å². The fourth-order valence-corrected chi connectivity index (χ4v) is 1.79. The van der Waals surface area contributed by atoms with E-state index in [4.69, 9.17) is 5.26 Å². The van der Waals surface area contributed by atoms with Crippen molar-refractivity contribution in [2.75, 3.05) is 13.1 Å². The van der Waals surface area contributed by atoms with Crippen LogP contribution >= 0.6 is 0 Å². The van der Waals surface area contributed by atoms with Crippen LogP contribution in [0.3, 0.4) is 0 Å². The van der Waals surface area contributed by atoms with E-state index in [0.29, 0.717) is 0 Å². The molecule has 1 heterocycles. The molecule has 0 aromatic carbocycles. The Morgan fingerprint density at radius 1 is 1.69 bits per heavy atom. The van der Waals surface area contributed by atoms with Crippen molar-refractivity contribution in [1.29, 1.82) is 5.26 Å². The summed E-state index contributed by atoms with van der Waals surface area (Å²) in [5.74, 6) is 0. The first-order valence-electron chi connectivity index (χ1n) is 4.95. The van der Waals surface area contributed by atoms with Crippen molar-refractivity contribution in [3.8, 4) is 6.07 Å². The SMILES string of the molecule is C=C(C)CCC1(C#N)CCCNC1. The molecule has 1 fully saturated rings. The maximum atomic E-state index is 9.13. The summed E-state index contributed by atoms with van der Waals surface area (Å²) in [6.45, 7) is 7.83. The van der Waals surface area contributed by atoms with Crippen molar-refractivity contribution >= 4 is 0 Å². The van der Waals surface area contributed by atoms with Gasteiger partial charge in [-0.25, -0.2) is 0 Å². The first-order chi connectivity index (χ1) is 6.18. The molecule has 0 bridgehead atoms. The van der Waals surface area contributed by atoms with Crippen molar-refractivity contribution in [3.05, 3.63) is 12.2 Å². The number of nitrogens with zero attached hydrogens (tertiary/aromatic N) is 1. The zero-order valence-electron chi connectivity index (χ0n) is 8.40. The van der Waals surface area contributed by atoms with Gasteiger partial charge in [0.15, 0.2) is 0 Å². The molecule has 0 aromatic rings. The molecule has 0 amide bonds. The molecule has 13 heavy (non-hydrogen) atoms. The van der Waals surface area contributed by atoms with Crippen LogP contribution < -0.4 is 5.32 Å². The molecule has 1 aliphatic rings. The van der Waals surface area contributed by atoms with E-state index in [0.717, 1.165) is 38.8 Å². The Morgan fingerprint density at radius 3 is 2.92 bits per heavy atom. The summed E-state index contributed by atoms with van der Waals surface area (Å²) in [4.78, 5) is 0. The Bertz CT molecular complexity index is 219. The lowest BCUT2D eigenvalue weighted by molar-refractivity contribution is 0.269. The molecule has 2 heteroatoms. The van der Waals surface area contributed by atoms with Crippen LogP contribution in [0.25, 0.3) is 0 Å². The third-order valence-corrected chi connectivity index (χ3v) is 2.74. The van der Waals surface area contributed by atoms with E-state index in [1.54, 1.807) is 0 Å². The lowest BCUT2D eigenvalue weighted by Gasteiger charge is -2.31. The predicted octanol–water partition coefficient (Wildman–Crippen LogP) is 2.24. The van der Waals surface area contributed by atoms with Crippen molar-refractivity contribution in [3.63, 3.8) is 0 Å². The van der Waals surface area contributed by atoms with Gasteiger partial charge >= 0.3 is 0 Å². The Hall–Kier alpha value is -0.810. The summed E-state index contributed by atoms with van der Waals surface area (Å²) in [6.07, 6.45) is 4.12. The molecular weight excluding hydrogens is 160 g/mol. The van der Waals surface area contributed by atoms with Gasteiger partial charge in [-0.1, -0.05) is 5.57 Å². The molecule has 72 valence electrons. The van der Waals surface area contributed by atoms with Gasteiger partial charge in [0.05, 0.1) is 11.5 Å². The highest BCUT2D eigenvalue weighted by Crippen LogP contribution is 2.31.